The van der Waals surface area contributed by atoms with Crippen molar-refractivity contribution >= 4 is 11.0 Å². The highest BCUT2D eigenvalue weighted by molar-refractivity contribution is 5.77. The Bertz CT molecular complexity index is 732. The molecule has 0 saturated carbocycles. The summed E-state index contributed by atoms with van der Waals surface area (Å²) in [5.74, 6) is 1.56. The highest BCUT2D eigenvalue weighted by Gasteiger charge is 2.03. The SMILES string of the molecule is O=c1ccoc2cc(OCCc3ncc[nH]3)ccc12. The van der Waals surface area contributed by atoms with Crippen molar-refractivity contribution in [3.8, 4) is 5.75 Å². The third-order valence-corrected chi connectivity index (χ3v) is 2.80. The smallest absolute Gasteiger partial charge is 0.192 e. The molecule has 0 unspecified atom stereocenters. The van der Waals surface area contributed by atoms with Crippen molar-refractivity contribution in [2.45, 2.75) is 6.42 Å². The lowest BCUT2D eigenvalue weighted by molar-refractivity contribution is 0.319. The highest BCUT2D eigenvalue weighted by Crippen LogP contribution is 2.18. The van der Waals surface area contributed by atoms with Crippen molar-refractivity contribution in [1.82, 2.24) is 9.97 Å². The number of nitrogens with one attached hydrogen (secondary N) is 1. The fraction of sp³-hybridized carbons (Fsp3) is 0.143. The number of rotatable bonds is 4. The van der Waals surface area contributed by atoms with E-state index in [1.807, 2.05) is 0 Å². The van der Waals surface area contributed by atoms with Crippen molar-refractivity contribution in [2.75, 3.05) is 6.61 Å². The Labute approximate surface area is 108 Å². The van der Waals surface area contributed by atoms with Crippen molar-refractivity contribution < 1.29 is 9.15 Å². The van der Waals surface area contributed by atoms with Gasteiger partial charge in [0.15, 0.2) is 5.43 Å². The van der Waals surface area contributed by atoms with Crippen LogP contribution in [0, 0.1) is 0 Å². The van der Waals surface area contributed by atoms with Gasteiger partial charge in [0.2, 0.25) is 0 Å². The molecule has 3 aromatic rings. The molecule has 2 heterocycles. The van der Waals surface area contributed by atoms with Gasteiger partial charge in [-0.25, -0.2) is 4.98 Å². The van der Waals surface area contributed by atoms with Crippen LogP contribution < -0.4 is 10.2 Å². The summed E-state index contributed by atoms with van der Waals surface area (Å²) in [6, 6.07) is 6.60. The van der Waals surface area contributed by atoms with Gasteiger partial charge < -0.3 is 14.1 Å². The average molecular weight is 256 g/mol. The summed E-state index contributed by atoms with van der Waals surface area (Å²) in [7, 11) is 0. The number of hydrogen-bond donors (Lipinski definition) is 1. The maximum Gasteiger partial charge on any atom is 0.192 e. The van der Waals surface area contributed by atoms with Crippen LogP contribution in [0.2, 0.25) is 0 Å². The zero-order valence-corrected chi connectivity index (χ0v) is 10.1. The molecule has 0 amide bonds. The predicted molar refractivity (Wildman–Crippen MR) is 70.3 cm³/mol. The molecule has 0 aliphatic heterocycles. The Morgan fingerprint density at radius 2 is 2.26 bits per heavy atom. The first-order valence-electron chi connectivity index (χ1n) is 5.95. The minimum Gasteiger partial charge on any atom is -0.493 e. The van der Waals surface area contributed by atoms with E-state index in [1.165, 1.54) is 12.3 Å². The molecule has 0 fully saturated rings. The first kappa shape index (κ1) is 11.5. The Balaban J connectivity index is 1.73. The van der Waals surface area contributed by atoms with E-state index in [1.54, 1.807) is 30.6 Å². The Morgan fingerprint density at radius 3 is 3.11 bits per heavy atom. The molecule has 1 N–H and O–H groups in total. The molecule has 19 heavy (non-hydrogen) atoms. The maximum atomic E-state index is 11.5. The Morgan fingerprint density at radius 1 is 1.32 bits per heavy atom. The van der Waals surface area contributed by atoms with E-state index in [0.717, 1.165) is 5.82 Å². The third kappa shape index (κ3) is 2.49. The van der Waals surface area contributed by atoms with Crippen LogP contribution in [0.3, 0.4) is 0 Å². The number of aromatic amines is 1. The standard InChI is InChI=1S/C14H12N2O3/c17-12-3-7-19-13-9-10(1-2-11(12)13)18-8-4-14-15-5-6-16-14/h1-3,5-7,9H,4,8H2,(H,15,16). The van der Waals surface area contributed by atoms with E-state index in [4.69, 9.17) is 9.15 Å². The lowest BCUT2D eigenvalue weighted by Gasteiger charge is -2.05. The van der Waals surface area contributed by atoms with E-state index in [2.05, 4.69) is 9.97 Å². The van der Waals surface area contributed by atoms with Crippen molar-refractivity contribution in [3.05, 3.63) is 59.0 Å². The summed E-state index contributed by atoms with van der Waals surface area (Å²) in [6.07, 6.45) is 5.57. The molecule has 0 aliphatic rings. The molecule has 0 saturated heterocycles. The zero-order valence-electron chi connectivity index (χ0n) is 10.1. The minimum absolute atomic E-state index is 0.0524. The number of imidazole rings is 1. The second kappa shape index (κ2) is 4.97. The number of hydrogen-bond acceptors (Lipinski definition) is 4. The normalized spacial score (nSPS) is 10.7. The van der Waals surface area contributed by atoms with Crippen LogP contribution in [0.1, 0.15) is 5.82 Å². The lowest BCUT2D eigenvalue weighted by atomic mass is 10.2. The van der Waals surface area contributed by atoms with Crippen molar-refractivity contribution in [3.63, 3.8) is 0 Å². The molecule has 2 aromatic heterocycles. The summed E-state index contributed by atoms with van der Waals surface area (Å²) in [5.41, 5.74) is 0.478. The van der Waals surface area contributed by atoms with Gasteiger partial charge in [-0.1, -0.05) is 0 Å². The molecule has 96 valence electrons. The van der Waals surface area contributed by atoms with Crippen LogP contribution in [0.4, 0.5) is 0 Å². The molecular formula is C14H12N2O3. The molecule has 0 spiro atoms. The molecule has 0 bridgehead atoms. The predicted octanol–water partition coefficient (Wildman–Crippen LogP) is 2.14. The second-order valence-electron chi connectivity index (χ2n) is 4.08. The Hall–Kier alpha value is -2.56. The summed E-state index contributed by atoms with van der Waals surface area (Å²) >= 11 is 0. The van der Waals surface area contributed by atoms with Gasteiger partial charge >= 0.3 is 0 Å². The average Bonchev–Trinajstić information content (AvgIpc) is 2.92. The van der Waals surface area contributed by atoms with Crippen LogP contribution in [0.5, 0.6) is 5.75 Å². The van der Waals surface area contributed by atoms with Gasteiger partial charge in [-0.05, 0) is 12.1 Å². The first-order chi connectivity index (χ1) is 9.33. The molecular weight excluding hydrogens is 244 g/mol. The van der Waals surface area contributed by atoms with Crippen LogP contribution in [0.25, 0.3) is 11.0 Å². The molecule has 5 heteroatoms. The topological polar surface area (TPSA) is 68.1 Å². The number of nitrogens with zero attached hydrogens (tertiary/aromatic N) is 1. The van der Waals surface area contributed by atoms with E-state index < -0.39 is 0 Å². The van der Waals surface area contributed by atoms with Gasteiger partial charge in [0.25, 0.3) is 0 Å². The largest absolute Gasteiger partial charge is 0.493 e. The van der Waals surface area contributed by atoms with Crippen molar-refractivity contribution in [2.24, 2.45) is 0 Å². The number of benzene rings is 1. The zero-order chi connectivity index (χ0) is 13.1. The minimum atomic E-state index is -0.0524. The molecule has 0 radical (unpaired) electrons. The second-order valence-corrected chi connectivity index (χ2v) is 4.08. The monoisotopic (exact) mass is 256 g/mol. The highest BCUT2D eigenvalue weighted by atomic mass is 16.5. The summed E-state index contributed by atoms with van der Waals surface area (Å²) in [4.78, 5) is 18.7. The van der Waals surface area contributed by atoms with Crippen LogP contribution >= 0.6 is 0 Å². The number of aromatic nitrogens is 2. The fourth-order valence-electron chi connectivity index (χ4n) is 1.85. The van der Waals surface area contributed by atoms with Gasteiger partial charge in [0.1, 0.15) is 17.2 Å². The number of ether oxygens (including phenoxy) is 1. The van der Waals surface area contributed by atoms with Gasteiger partial charge in [0, 0.05) is 30.9 Å². The fourth-order valence-corrected chi connectivity index (χ4v) is 1.85. The van der Waals surface area contributed by atoms with Gasteiger partial charge in [-0.15, -0.1) is 0 Å². The Kier molecular flexibility index (Phi) is 3.02. The summed E-state index contributed by atoms with van der Waals surface area (Å²) < 4.78 is 10.9. The summed E-state index contributed by atoms with van der Waals surface area (Å²) in [6.45, 7) is 0.510. The van der Waals surface area contributed by atoms with E-state index in [-0.39, 0.29) is 5.43 Å². The molecule has 0 aliphatic carbocycles. The number of fused-ring (bicyclic) bond motifs is 1. The van der Waals surface area contributed by atoms with Gasteiger partial charge in [0.05, 0.1) is 18.3 Å². The van der Waals surface area contributed by atoms with Crippen LogP contribution in [-0.4, -0.2) is 16.6 Å². The maximum absolute atomic E-state index is 11.5. The molecule has 5 nitrogen and oxygen atoms in total. The van der Waals surface area contributed by atoms with Gasteiger partial charge in [-0.2, -0.15) is 0 Å². The van der Waals surface area contributed by atoms with Gasteiger partial charge in [-0.3, -0.25) is 4.79 Å². The molecule has 1 aromatic carbocycles. The molecule has 0 atom stereocenters. The van der Waals surface area contributed by atoms with Crippen LogP contribution in [-0.2, 0) is 6.42 Å². The summed E-state index contributed by atoms with van der Waals surface area (Å²) in [5, 5.41) is 0.556. The van der Waals surface area contributed by atoms with E-state index in [0.29, 0.717) is 29.7 Å². The lowest BCUT2D eigenvalue weighted by Crippen LogP contribution is -2.03. The van der Waals surface area contributed by atoms with Crippen molar-refractivity contribution in [1.29, 1.82) is 0 Å². The number of H-pyrrole nitrogens is 1. The van der Waals surface area contributed by atoms with E-state index >= 15 is 0 Å². The first-order valence-corrected chi connectivity index (χ1v) is 5.95. The van der Waals surface area contributed by atoms with Crippen LogP contribution in [0.15, 0.2) is 52.1 Å². The van der Waals surface area contributed by atoms with E-state index in [9.17, 15) is 4.79 Å². The molecule has 3 rings (SSSR count). The third-order valence-electron chi connectivity index (χ3n) is 2.80. The quantitative estimate of drug-likeness (QED) is 0.776.